The van der Waals surface area contributed by atoms with Crippen LogP contribution in [-0.4, -0.2) is 57.6 Å². The van der Waals surface area contributed by atoms with E-state index in [2.05, 4.69) is 0 Å². The Labute approximate surface area is 116 Å². The summed E-state index contributed by atoms with van der Waals surface area (Å²) in [6.45, 7) is -0.415. The maximum Gasteiger partial charge on any atom is 0.111 e. The van der Waals surface area contributed by atoms with Crippen molar-refractivity contribution < 1.29 is 25.2 Å². The van der Waals surface area contributed by atoms with Crippen LogP contribution in [0.3, 0.4) is 0 Å². The lowest BCUT2D eigenvalue weighted by molar-refractivity contribution is -0.228. The van der Waals surface area contributed by atoms with Crippen molar-refractivity contribution in [2.24, 2.45) is 0 Å². The predicted octanol–water partition coefficient (Wildman–Crippen LogP) is -0.275. The second-order valence-electron chi connectivity index (χ2n) is 4.70. The van der Waals surface area contributed by atoms with Gasteiger partial charge in [0.2, 0.25) is 0 Å². The van der Waals surface area contributed by atoms with Gasteiger partial charge in [-0.3, -0.25) is 0 Å². The summed E-state index contributed by atoms with van der Waals surface area (Å²) in [4.78, 5) is 0. The van der Waals surface area contributed by atoms with Gasteiger partial charge in [0.1, 0.15) is 24.4 Å². The Hall–Kier alpha value is -0.690. The summed E-state index contributed by atoms with van der Waals surface area (Å²) < 4.78 is 5.42. The molecule has 0 saturated carbocycles. The third-order valence-corrected chi connectivity index (χ3v) is 3.59. The monoisotopic (exact) mass is 288 g/mol. The van der Waals surface area contributed by atoms with Crippen molar-refractivity contribution in [1.29, 1.82) is 0 Å². The highest BCUT2D eigenvalue weighted by Gasteiger charge is 2.43. The van der Waals surface area contributed by atoms with Crippen LogP contribution in [0.4, 0.5) is 0 Å². The molecule has 1 aromatic rings. The molecule has 1 heterocycles. The van der Waals surface area contributed by atoms with Crippen molar-refractivity contribution >= 4 is 11.6 Å². The molecule has 0 radical (unpaired) electrons. The Morgan fingerprint density at radius 1 is 0.947 bits per heavy atom. The summed E-state index contributed by atoms with van der Waals surface area (Å²) in [5.74, 6) is 0. The van der Waals surface area contributed by atoms with Crippen LogP contribution in [0.5, 0.6) is 0 Å². The van der Waals surface area contributed by atoms with Gasteiger partial charge in [-0.05, 0) is 17.7 Å². The van der Waals surface area contributed by atoms with Crippen LogP contribution in [-0.2, 0) is 11.2 Å². The van der Waals surface area contributed by atoms with Gasteiger partial charge in [0.25, 0.3) is 0 Å². The molecule has 1 aliphatic rings. The van der Waals surface area contributed by atoms with Gasteiger partial charge in [0.05, 0.1) is 12.7 Å². The van der Waals surface area contributed by atoms with Crippen molar-refractivity contribution in [2.75, 3.05) is 6.61 Å². The number of aliphatic hydroxyl groups excluding tert-OH is 4. The molecule has 0 amide bonds. The number of benzene rings is 1. The Kier molecular flexibility index (Phi) is 4.78. The smallest absolute Gasteiger partial charge is 0.111 e. The third-order valence-electron chi connectivity index (χ3n) is 3.34. The number of hydrogen-bond acceptors (Lipinski definition) is 5. The second kappa shape index (κ2) is 6.17. The van der Waals surface area contributed by atoms with Gasteiger partial charge in [0, 0.05) is 11.4 Å². The third kappa shape index (κ3) is 3.25. The summed E-state index contributed by atoms with van der Waals surface area (Å²) >= 11 is 5.78. The Balaban J connectivity index is 2.08. The van der Waals surface area contributed by atoms with Crippen molar-refractivity contribution in [1.82, 2.24) is 0 Å². The highest BCUT2D eigenvalue weighted by Crippen LogP contribution is 2.24. The van der Waals surface area contributed by atoms with Crippen LogP contribution in [0.1, 0.15) is 5.56 Å². The minimum atomic E-state index is -1.33. The average molecular weight is 289 g/mol. The molecule has 4 N–H and O–H groups in total. The molecule has 1 unspecified atom stereocenters. The highest BCUT2D eigenvalue weighted by atomic mass is 35.5. The van der Waals surface area contributed by atoms with Crippen molar-refractivity contribution in [3.8, 4) is 0 Å². The van der Waals surface area contributed by atoms with E-state index in [0.29, 0.717) is 11.4 Å². The zero-order chi connectivity index (χ0) is 14.0. The normalized spacial score (nSPS) is 35.3. The van der Waals surface area contributed by atoms with E-state index in [1.165, 1.54) is 0 Å². The first kappa shape index (κ1) is 14.7. The standard InChI is InChI=1S/C13H17ClO5/c14-8-3-1-7(2-4-8)5-9-11(16)13(18)12(17)10(6-15)19-9/h1-4,9-13,15-18H,5-6H2/t9?,10-,11+,12-,13-/m1/s1. The molecular formula is C13H17ClO5. The number of aliphatic hydroxyl groups is 4. The van der Waals surface area contributed by atoms with E-state index in [-0.39, 0.29) is 0 Å². The Morgan fingerprint density at radius 2 is 1.53 bits per heavy atom. The average Bonchev–Trinajstić information content (AvgIpc) is 2.42. The van der Waals surface area contributed by atoms with Crippen LogP contribution in [0, 0.1) is 0 Å². The first-order chi connectivity index (χ1) is 9.02. The summed E-state index contributed by atoms with van der Waals surface area (Å²) in [5.41, 5.74) is 0.883. The molecule has 0 spiro atoms. The van der Waals surface area contributed by atoms with Gasteiger partial charge in [-0.2, -0.15) is 0 Å². The minimum Gasteiger partial charge on any atom is -0.394 e. The van der Waals surface area contributed by atoms with E-state index in [9.17, 15) is 15.3 Å². The largest absolute Gasteiger partial charge is 0.394 e. The molecular weight excluding hydrogens is 272 g/mol. The molecule has 0 aromatic heterocycles. The number of ether oxygens (including phenoxy) is 1. The van der Waals surface area contributed by atoms with Gasteiger partial charge in [-0.1, -0.05) is 23.7 Å². The molecule has 2 rings (SSSR count). The second-order valence-corrected chi connectivity index (χ2v) is 5.13. The van der Waals surface area contributed by atoms with E-state index in [4.69, 9.17) is 21.4 Å². The van der Waals surface area contributed by atoms with E-state index in [1.807, 2.05) is 0 Å². The molecule has 1 aliphatic heterocycles. The maximum atomic E-state index is 9.89. The van der Waals surface area contributed by atoms with Crippen LogP contribution in [0.2, 0.25) is 5.02 Å². The molecule has 5 atom stereocenters. The molecule has 5 nitrogen and oxygen atoms in total. The molecule has 6 heteroatoms. The highest BCUT2D eigenvalue weighted by molar-refractivity contribution is 6.30. The predicted molar refractivity (Wildman–Crippen MR) is 68.9 cm³/mol. The molecule has 106 valence electrons. The van der Waals surface area contributed by atoms with Crippen LogP contribution >= 0.6 is 11.6 Å². The topological polar surface area (TPSA) is 90.2 Å². The molecule has 1 fully saturated rings. The van der Waals surface area contributed by atoms with Crippen molar-refractivity contribution in [2.45, 2.75) is 36.9 Å². The summed E-state index contributed by atoms with van der Waals surface area (Å²) in [5, 5.41) is 38.9. The molecule has 19 heavy (non-hydrogen) atoms. The molecule has 0 bridgehead atoms. The van der Waals surface area contributed by atoms with Gasteiger partial charge in [-0.15, -0.1) is 0 Å². The van der Waals surface area contributed by atoms with Gasteiger partial charge < -0.3 is 25.2 Å². The summed E-state index contributed by atoms with van der Waals surface area (Å²) in [7, 11) is 0. The van der Waals surface area contributed by atoms with Crippen molar-refractivity contribution in [3.05, 3.63) is 34.9 Å². The quantitative estimate of drug-likeness (QED) is 0.614. The lowest BCUT2D eigenvalue weighted by Crippen LogP contribution is -2.58. The van der Waals surface area contributed by atoms with Gasteiger partial charge >= 0.3 is 0 Å². The minimum absolute atomic E-state index is 0.360. The molecule has 1 saturated heterocycles. The number of halogens is 1. The lowest BCUT2D eigenvalue weighted by atomic mass is 9.92. The van der Waals surface area contributed by atoms with E-state index in [0.717, 1.165) is 5.56 Å². The van der Waals surface area contributed by atoms with Crippen LogP contribution in [0.25, 0.3) is 0 Å². The van der Waals surface area contributed by atoms with E-state index >= 15 is 0 Å². The van der Waals surface area contributed by atoms with Crippen LogP contribution < -0.4 is 0 Å². The zero-order valence-corrected chi connectivity index (χ0v) is 10.9. The van der Waals surface area contributed by atoms with Crippen LogP contribution in [0.15, 0.2) is 24.3 Å². The Morgan fingerprint density at radius 3 is 2.11 bits per heavy atom. The fourth-order valence-electron chi connectivity index (χ4n) is 2.20. The van der Waals surface area contributed by atoms with Gasteiger partial charge in [0.15, 0.2) is 0 Å². The fraction of sp³-hybridized carbons (Fsp3) is 0.538. The fourth-order valence-corrected chi connectivity index (χ4v) is 2.33. The van der Waals surface area contributed by atoms with Crippen molar-refractivity contribution in [3.63, 3.8) is 0 Å². The first-order valence-corrected chi connectivity index (χ1v) is 6.45. The Bertz CT molecular complexity index is 408. The number of hydrogen-bond donors (Lipinski definition) is 4. The molecule has 1 aromatic carbocycles. The zero-order valence-electron chi connectivity index (χ0n) is 10.2. The summed E-state index contributed by atoms with van der Waals surface area (Å²) in [6.07, 6.45) is -5.04. The maximum absolute atomic E-state index is 9.89. The number of rotatable bonds is 3. The van der Waals surface area contributed by atoms with E-state index in [1.54, 1.807) is 24.3 Å². The molecule has 0 aliphatic carbocycles. The van der Waals surface area contributed by atoms with Gasteiger partial charge in [-0.25, -0.2) is 0 Å². The SMILES string of the molecule is OC[C@H]1OC(Cc2ccc(Cl)cc2)[C@H](O)[C@@H](O)[C@@H]1O. The van der Waals surface area contributed by atoms with E-state index < -0.39 is 37.1 Å². The lowest BCUT2D eigenvalue weighted by Gasteiger charge is -2.40. The first-order valence-electron chi connectivity index (χ1n) is 6.08. The summed E-state index contributed by atoms with van der Waals surface area (Å²) in [6, 6.07) is 7.04.